The normalized spacial score (nSPS) is 17.0. The van der Waals surface area contributed by atoms with Crippen LogP contribution in [0.25, 0.3) is 33.4 Å². The van der Waals surface area contributed by atoms with Crippen LogP contribution >= 0.6 is 0 Å². The highest BCUT2D eigenvalue weighted by Gasteiger charge is 2.51. The molecule has 11 rings (SSSR count). The van der Waals surface area contributed by atoms with Gasteiger partial charge >= 0.3 is 0 Å². The quantitative estimate of drug-likeness (QED) is 0.186. The molecule has 8 aromatic carbocycles. The number of hydrogen-bond acceptors (Lipinski definition) is 4. The van der Waals surface area contributed by atoms with Gasteiger partial charge in [0.1, 0.15) is 29.7 Å². The molecule has 2 unspecified atom stereocenters. The van der Waals surface area contributed by atoms with Gasteiger partial charge in [-0.3, -0.25) is 5.32 Å². The Morgan fingerprint density at radius 2 is 0.964 bits per heavy atom. The van der Waals surface area contributed by atoms with Crippen LogP contribution in [0.4, 0.5) is 0 Å². The number of nitrogens with zero attached hydrogens (tertiary/aromatic N) is 1. The Bertz CT molecular complexity index is 2750. The number of aliphatic imine (C=N–C) groups is 1. The summed E-state index contributed by atoms with van der Waals surface area (Å²) in [6.07, 6.45) is -0.393. The van der Waals surface area contributed by atoms with Crippen LogP contribution in [-0.2, 0) is 5.41 Å². The van der Waals surface area contributed by atoms with Gasteiger partial charge in [-0.1, -0.05) is 188 Å². The highest BCUT2D eigenvalue weighted by atomic mass is 16.5. The SMILES string of the molecule is c1ccc(-c2ccccc2C2NC(c3ccc(-c4cccc5c4-c4ccccc4C54c5ccccc5Oc5ccccc54)cc3)=NC(c3ccccc3)N2)cc1. The molecule has 0 bridgehead atoms. The van der Waals surface area contributed by atoms with Crippen LogP contribution in [0.15, 0.2) is 205 Å². The van der Waals surface area contributed by atoms with Crippen molar-refractivity contribution < 1.29 is 4.74 Å². The third kappa shape index (κ3) is 5.00. The Hall–Kier alpha value is -7.01. The zero-order chi connectivity index (χ0) is 37.1. The molecule has 8 aromatic rings. The lowest BCUT2D eigenvalue weighted by molar-refractivity contribution is 0.409. The van der Waals surface area contributed by atoms with Crippen LogP contribution in [0.5, 0.6) is 11.5 Å². The summed E-state index contributed by atoms with van der Waals surface area (Å²) < 4.78 is 6.56. The van der Waals surface area contributed by atoms with Gasteiger partial charge in [0.25, 0.3) is 0 Å². The zero-order valence-electron chi connectivity index (χ0n) is 30.6. The molecule has 1 aliphatic carbocycles. The Balaban J connectivity index is 1.02. The lowest BCUT2D eigenvalue weighted by atomic mass is 9.66. The van der Waals surface area contributed by atoms with Gasteiger partial charge in [-0.25, -0.2) is 4.99 Å². The molecule has 2 heterocycles. The number of fused-ring (bicyclic) bond motifs is 9. The Kier molecular flexibility index (Phi) is 7.58. The first-order valence-corrected chi connectivity index (χ1v) is 19.3. The summed E-state index contributed by atoms with van der Waals surface area (Å²) in [5.41, 5.74) is 15.0. The fraction of sp³-hybridized carbons (Fsp3) is 0.0577. The summed E-state index contributed by atoms with van der Waals surface area (Å²) in [4.78, 5) is 5.27. The molecule has 4 heteroatoms. The highest BCUT2D eigenvalue weighted by molar-refractivity contribution is 6.01. The van der Waals surface area contributed by atoms with Crippen molar-refractivity contribution in [2.75, 3.05) is 0 Å². The van der Waals surface area contributed by atoms with E-state index in [0.717, 1.165) is 34.0 Å². The minimum atomic E-state index is -0.501. The predicted molar refractivity (Wildman–Crippen MR) is 226 cm³/mol. The van der Waals surface area contributed by atoms with Crippen LogP contribution in [0.3, 0.4) is 0 Å². The molecule has 0 saturated heterocycles. The summed E-state index contributed by atoms with van der Waals surface area (Å²) in [5, 5.41) is 7.60. The Labute approximate surface area is 326 Å². The van der Waals surface area contributed by atoms with Crippen molar-refractivity contribution in [2.24, 2.45) is 4.99 Å². The van der Waals surface area contributed by atoms with Gasteiger partial charge in [-0.2, -0.15) is 0 Å². The molecule has 0 amide bonds. The first-order chi connectivity index (χ1) is 27.8. The average molecular weight is 720 g/mol. The first kappa shape index (κ1) is 32.4. The number of rotatable bonds is 5. The van der Waals surface area contributed by atoms with Crippen LogP contribution in [0.2, 0.25) is 0 Å². The van der Waals surface area contributed by atoms with E-state index in [1.165, 1.54) is 55.6 Å². The van der Waals surface area contributed by atoms with E-state index in [2.05, 4.69) is 211 Å². The van der Waals surface area contributed by atoms with Gasteiger partial charge in [0.15, 0.2) is 0 Å². The van der Waals surface area contributed by atoms with Crippen molar-refractivity contribution in [3.05, 3.63) is 239 Å². The molecular weight excluding hydrogens is 683 g/mol. The summed E-state index contributed by atoms with van der Waals surface area (Å²) in [5.74, 6) is 2.66. The minimum absolute atomic E-state index is 0.167. The zero-order valence-corrected chi connectivity index (χ0v) is 30.6. The second-order valence-electron chi connectivity index (χ2n) is 14.7. The van der Waals surface area contributed by atoms with Crippen LogP contribution in [0.1, 0.15) is 51.3 Å². The number of amidine groups is 1. The third-order valence-electron chi connectivity index (χ3n) is 11.7. The number of para-hydroxylation sites is 2. The second-order valence-corrected chi connectivity index (χ2v) is 14.7. The highest BCUT2D eigenvalue weighted by Crippen LogP contribution is 2.63. The van der Waals surface area contributed by atoms with Gasteiger partial charge < -0.3 is 10.1 Å². The molecule has 2 aliphatic heterocycles. The number of benzene rings is 8. The number of nitrogens with one attached hydrogen (secondary N) is 2. The maximum atomic E-state index is 6.56. The van der Waals surface area contributed by atoms with Gasteiger partial charge in [-0.15, -0.1) is 0 Å². The van der Waals surface area contributed by atoms with Gasteiger partial charge in [-0.05, 0) is 67.8 Å². The number of hydrogen-bond donors (Lipinski definition) is 2. The number of ether oxygens (including phenoxy) is 1. The van der Waals surface area contributed by atoms with Crippen molar-refractivity contribution in [1.29, 1.82) is 0 Å². The predicted octanol–water partition coefficient (Wildman–Crippen LogP) is 11.8. The molecule has 1 spiro atoms. The monoisotopic (exact) mass is 719 g/mol. The van der Waals surface area contributed by atoms with Crippen molar-refractivity contribution in [1.82, 2.24) is 10.6 Å². The van der Waals surface area contributed by atoms with Crippen molar-refractivity contribution in [3.63, 3.8) is 0 Å². The van der Waals surface area contributed by atoms with Crippen LogP contribution < -0.4 is 15.4 Å². The van der Waals surface area contributed by atoms with Crippen molar-refractivity contribution in [3.8, 4) is 44.9 Å². The summed E-state index contributed by atoms with van der Waals surface area (Å²) in [6, 6.07) is 71.4. The maximum Gasteiger partial charge on any atom is 0.132 e. The van der Waals surface area contributed by atoms with E-state index in [1.807, 2.05) is 0 Å². The molecule has 266 valence electrons. The van der Waals surface area contributed by atoms with Crippen LogP contribution in [0, 0.1) is 0 Å². The van der Waals surface area contributed by atoms with E-state index in [-0.39, 0.29) is 12.3 Å². The smallest absolute Gasteiger partial charge is 0.132 e. The van der Waals surface area contributed by atoms with E-state index < -0.39 is 5.41 Å². The molecule has 56 heavy (non-hydrogen) atoms. The third-order valence-corrected chi connectivity index (χ3v) is 11.7. The minimum Gasteiger partial charge on any atom is -0.457 e. The summed E-state index contributed by atoms with van der Waals surface area (Å²) >= 11 is 0. The first-order valence-electron chi connectivity index (χ1n) is 19.3. The summed E-state index contributed by atoms with van der Waals surface area (Å²) in [6.45, 7) is 0. The lowest BCUT2D eigenvalue weighted by Crippen LogP contribution is -2.45. The van der Waals surface area contributed by atoms with E-state index in [1.54, 1.807) is 0 Å². The van der Waals surface area contributed by atoms with Crippen molar-refractivity contribution >= 4 is 5.84 Å². The van der Waals surface area contributed by atoms with E-state index >= 15 is 0 Å². The maximum absolute atomic E-state index is 6.56. The summed E-state index contributed by atoms with van der Waals surface area (Å²) in [7, 11) is 0. The average Bonchev–Trinajstić information content (AvgIpc) is 3.58. The molecule has 2 atom stereocenters. The fourth-order valence-electron chi connectivity index (χ4n) is 9.25. The second kappa shape index (κ2) is 13.1. The molecule has 0 aromatic heterocycles. The molecule has 2 N–H and O–H groups in total. The topological polar surface area (TPSA) is 45.6 Å². The molecule has 0 saturated carbocycles. The fourth-order valence-corrected chi connectivity index (χ4v) is 9.25. The van der Waals surface area contributed by atoms with Gasteiger partial charge in [0, 0.05) is 16.7 Å². The lowest BCUT2D eigenvalue weighted by Gasteiger charge is -2.39. The Morgan fingerprint density at radius 3 is 1.70 bits per heavy atom. The van der Waals surface area contributed by atoms with E-state index in [0.29, 0.717) is 0 Å². The largest absolute Gasteiger partial charge is 0.457 e. The molecular formula is C52H37N3O. The molecule has 0 fully saturated rings. The van der Waals surface area contributed by atoms with Gasteiger partial charge in [0.2, 0.25) is 0 Å². The van der Waals surface area contributed by atoms with E-state index in [4.69, 9.17) is 9.73 Å². The van der Waals surface area contributed by atoms with Gasteiger partial charge in [0.05, 0.1) is 5.41 Å². The standard InChI is InChI=1S/C52H37N3O/c1-3-16-34(17-4-1)38-20-7-8-21-40(38)51-54-49(36-18-5-2-6-19-36)53-50(55-51)37-32-30-35(31-33-37)39-23-15-27-45-48(39)41-22-9-10-24-42(41)52(45)43-25-11-13-28-46(43)56-47-29-14-12-26-44(47)52/h1-33,49,51,54H,(H,53,55). The van der Waals surface area contributed by atoms with E-state index in [9.17, 15) is 0 Å². The Morgan fingerprint density at radius 1 is 0.429 bits per heavy atom. The van der Waals surface area contributed by atoms with Crippen LogP contribution in [-0.4, -0.2) is 5.84 Å². The van der Waals surface area contributed by atoms with Crippen molar-refractivity contribution in [2.45, 2.75) is 17.7 Å². The molecule has 4 nitrogen and oxygen atoms in total. The molecule has 0 radical (unpaired) electrons. The molecule has 3 aliphatic rings.